The summed E-state index contributed by atoms with van der Waals surface area (Å²) in [7, 11) is -3.67. The third-order valence-corrected chi connectivity index (χ3v) is 7.42. The maximum Gasteiger partial charge on any atom is 0.236 e. The number of rotatable bonds is 4. The molecule has 0 bridgehead atoms. The van der Waals surface area contributed by atoms with Crippen LogP contribution in [0.2, 0.25) is 0 Å². The van der Waals surface area contributed by atoms with Crippen LogP contribution >= 0.6 is 0 Å². The number of halogens is 1. The van der Waals surface area contributed by atoms with Crippen molar-refractivity contribution in [1.82, 2.24) is 3.97 Å². The van der Waals surface area contributed by atoms with Crippen molar-refractivity contribution in [2.24, 2.45) is 0 Å². The van der Waals surface area contributed by atoms with Gasteiger partial charge in [-0.25, -0.2) is 16.8 Å². The van der Waals surface area contributed by atoms with E-state index in [2.05, 4.69) is 6.92 Å². The summed E-state index contributed by atoms with van der Waals surface area (Å²) in [6.45, 7) is 2.05. The molecule has 4 aromatic rings. The van der Waals surface area contributed by atoms with Gasteiger partial charge in [0.1, 0.15) is 5.82 Å². The Morgan fingerprint density at radius 3 is 2.34 bits per heavy atom. The van der Waals surface area contributed by atoms with Crippen molar-refractivity contribution >= 4 is 26.7 Å². The Kier molecular flexibility index (Phi) is 4.60. The number of benzene rings is 3. The van der Waals surface area contributed by atoms with Gasteiger partial charge in [-0.3, -0.25) is 4.79 Å². The number of Topliss-reactive ketones (excluding diaryl/α,β-unsaturated/α-hetero) is 1. The van der Waals surface area contributed by atoms with Crippen LogP contribution in [0, 0.1) is 5.82 Å². The van der Waals surface area contributed by atoms with E-state index in [9.17, 15) is 17.6 Å². The molecule has 0 fully saturated rings. The third kappa shape index (κ3) is 3.17. The summed E-state index contributed by atoms with van der Waals surface area (Å²) in [5.74, 6) is -0.294. The molecular weight excluding hydrogens is 425 g/mol. The van der Waals surface area contributed by atoms with Crippen LogP contribution in [-0.2, 0) is 21.9 Å². The van der Waals surface area contributed by atoms with Crippen LogP contribution in [0.1, 0.15) is 34.8 Å². The van der Waals surface area contributed by atoms with Crippen molar-refractivity contribution in [1.29, 1.82) is 0 Å². The van der Waals surface area contributed by atoms with Gasteiger partial charge >= 0.3 is 0 Å². The zero-order valence-corrected chi connectivity index (χ0v) is 18.6. The number of fused-ring (bicyclic) bond motifs is 2. The van der Waals surface area contributed by atoms with Gasteiger partial charge in [-0.1, -0.05) is 49.4 Å². The van der Waals surface area contributed by atoms with Gasteiger partial charge in [-0.05, 0) is 53.4 Å². The van der Waals surface area contributed by atoms with E-state index in [4.69, 9.17) is 0 Å². The molecular formula is C26H22FNO3S. The highest BCUT2D eigenvalue weighted by atomic mass is 32.2. The van der Waals surface area contributed by atoms with E-state index >= 15 is 0 Å². The van der Waals surface area contributed by atoms with Crippen LogP contribution in [-0.4, -0.2) is 24.4 Å². The first-order valence-corrected chi connectivity index (χ1v) is 12.3. The average molecular weight is 448 g/mol. The van der Waals surface area contributed by atoms with Crippen molar-refractivity contribution in [2.45, 2.75) is 25.2 Å². The molecule has 0 amide bonds. The minimum Gasteiger partial charge on any atom is -0.294 e. The molecule has 0 spiro atoms. The van der Waals surface area contributed by atoms with Crippen molar-refractivity contribution in [3.8, 4) is 11.3 Å². The molecule has 6 heteroatoms. The lowest BCUT2D eigenvalue weighted by Gasteiger charge is -2.25. The standard InChI is InChI=1S/C26H22FNO3S/c1-26(16-24(29)20-8-3-5-9-22(20)26)15-21-19-7-4-6-10-23(19)28(32(2,30)31)25(21)17-11-13-18(27)14-12-17/h3-14H,15-16H2,1-2H3/t26-/m0/s1. The molecule has 0 saturated carbocycles. The second kappa shape index (κ2) is 7.14. The van der Waals surface area contributed by atoms with Gasteiger partial charge in [0.25, 0.3) is 0 Å². The number of ketones is 1. The average Bonchev–Trinajstić information content (AvgIpc) is 3.21. The summed E-state index contributed by atoms with van der Waals surface area (Å²) in [5.41, 5.74) is 3.78. The highest BCUT2D eigenvalue weighted by Crippen LogP contribution is 2.45. The second-order valence-corrected chi connectivity index (χ2v) is 10.6. The molecule has 0 aliphatic heterocycles. The Hall–Kier alpha value is -3.25. The molecule has 1 atom stereocenters. The zero-order chi connectivity index (χ0) is 22.7. The van der Waals surface area contributed by atoms with Crippen LogP contribution in [0.3, 0.4) is 0 Å². The number of aromatic nitrogens is 1. The van der Waals surface area contributed by atoms with Gasteiger partial charge in [0.2, 0.25) is 10.0 Å². The Bertz CT molecular complexity index is 1490. The molecule has 0 unspecified atom stereocenters. The van der Waals surface area contributed by atoms with Crippen LogP contribution in [0.25, 0.3) is 22.2 Å². The molecule has 1 aromatic heterocycles. The number of hydrogen-bond acceptors (Lipinski definition) is 3. The summed E-state index contributed by atoms with van der Waals surface area (Å²) in [5, 5.41) is 0.815. The van der Waals surface area contributed by atoms with Gasteiger partial charge < -0.3 is 0 Å². The fourth-order valence-electron chi connectivity index (χ4n) is 5.04. The van der Waals surface area contributed by atoms with Crippen LogP contribution in [0.5, 0.6) is 0 Å². The minimum atomic E-state index is -3.67. The monoisotopic (exact) mass is 447 g/mol. The lowest BCUT2D eigenvalue weighted by molar-refractivity contribution is 0.0976. The summed E-state index contributed by atoms with van der Waals surface area (Å²) < 4.78 is 40.9. The molecule has 3 aromatic carbocycles. The SMILES string of the molecule is C[C@]1(Cc2c(-c3ccc(F)cc3)n(S(C)(=O)=O)c3ccccc23)CC(=O)c2ccccc21. The van der Waals surface area contributed by atoms with E-state index in [-0.39, 0.29) is 11.6 Å². The first kappa shape index (κ1) is 20.6. The number of nitrogens with zero attached hydrogens (tertiary/aromatic N) is 1. The molecule has 4 nitrogen and oxygen atoms in total. The Morgan fingerprint density at radius 2 is 1.62 bits per heavy atom. The van der Waals surface area contributed by atoms with Gasteiger partial charge in [0.05, 0.1) is 17.5 Å². The maximum absolute atomic E-state index is 13.7. The molecule has 32 heavy (non-hydrogen) atoms. The van der Waals surface area contributed by atoms with Gasteiger partial charge in [0.15, 0.2) is 5.78 Å². The Morgan fingerprint density at radius 1 is 0.969 bits per heavy atom. The predicted molar refractivity (Wildman–Crippen MR) is 124 cm³/mol. The molecule has 0 radical (unpaired) electrons. The van der Waals surface area contributed by atoms with Gasteiger partial charge in [-0.15, -0.1) is 0 Å². The topological polar surface area (TPSA) is 56.1 Å². The van der Waals surface area contributed by atoms with Crippen molar-refractivity contribution in [3.63, 3.8) is 0 Å². The molecule has 0 N–H and O–H groups in total. The second-order valence-electron chi connectivity index (χ2n) is 8.76. The highest BCUT2D eigenvalue weighted by Gasteiger charge is 2.41. The summed E-state index contributed by atoms with van der Waals surface area (Å²) in [4.78, 5) is 12.7. The highest BCUT2D eigenvalue weighted by molar-refractivity contribution is 7.89. The molecule has 1 aliphatic rings. The maximum atomic E-state index is 13.7. The summed E-state index contributed by atoms with van der Waals surface area (Å²) in [6.07, 6.45) is 2.01. The van der Waals surface area contributed by atoms with E-state index in [1.54, 1.807) is 24.3 Å². The van der Waals surface area contributed by atoms with Crippen LogP contribution in [0.15, 0.2) is 72.8 Å². The lowest BCUT2D eigenvalue weighted by atomic mass is 9.77. The normalized spacial score (nSPS) is 18.3. The van der Waals surface area contributed by atoms with Crippen molar-refractivity contribution in [3.05, 3.63) is 95.3 Å². The molecule has 5 rings (SSSR count). The summed E-state index contributed by atoms with van der Waals surface area (Å²) >= 11 is 0. The van der Waals surface area contributed by atoms with Crippen LogP contribution in [0.4, 0.5) is 4.39 Å². The van der Waals surface area contributed by atoms with Crippen molar-refractivity contribution < 1.29 is 17.6 Å². The third-order valence-electron chi connectivity index (χ3n) is 6.38. The van der Waals surface area contributed by atoms with E-state index in [0.29, 0.717) is 29.6 Å². The number of hydrogen-bond donors (Lipinski definition) is 0. The molecule has 1 heterocycles. The lowest BCUT2D eigenvalue weighted by Crippen LogP contribution is -2.23. The Labute approximate surface area is 186 Å². The van der Waals surface area contributed by atoms with E-state index in [1.165, 1.54) is 22.4 Å². The number of para-hydroxylation sites is 1. The molecule has 0 saturated heterocycles. The van der Waals surface area contributed by atoms with E-state index in [1.807, 2.05) is 36.4 Å². The zero-order valence-electron chi connectivity index (χ0n) is 17.8. The van der Waals surface area contributed by atoms with Gasteiger partial charge in [0, 0.05) is 22.8 Å². The smallest absolute Gasteiger partial charge is 0.236 e. The summed E-state index contributed by atoms with van der Waals surface area (Å²) in [6, 6.07) is 20.9. The first-order chi connectivity index (χ1) is 15.2. The fourth-order valence-corrected chi connectivity index (χ4v) is 6.11. The van der Waals surface area contributed by atoms with Crippen LogP contribution < -0.4 is 0 Å². The van der Waals surface area contributed by atoms with E-state index < -0.39 is 15.4 Å². The quantitative estimate of drug-likeness (QED) is 0.424. The Balaban J connectivity index is 1.81. The predicted octanol–water partition coefficient (Wildman–Crippen LogP) is 5.34. The van der Waals surface area contributed by atoms with Gasteiger partial charge in [-0.2, -0.15) is 0 Å². The molecule has 1 aliphatic carbocycles. The minimum absolute atomic E-state index is 0.0956. The largest absolute Gasteiger partial charge is 0.294 e. The number of carbonyl (C=O) groups excluding carboxylic acids is 1. The van der Waals surface area contributed by atoms with E-state index in [0.717, 1.165) is 22.1 Å². The number of carbonyl (C=O) groups is 1. The van der Waals surface area contributed by atoms with Crippen molar-refractivity contribution in [2.75, 3.05) is 6.26 Å². The fraction of sp³-hybridized carbons (Fsp3) is 0.192. The molecule has 162 valence electrons. The first-order valence-electron chi connectivity index (χ1n) is 10.4.